The van der Waals surface area contributed by atoms with Crippen molar-refractivity contribution in [1.29, 1.82) is 0 Å². The van der Waals surface area contributed by atoms with Crippen LogP contribution in [0.3, 0.4) is 0 Å². The third-order valence-corrected chi connectivity index (χ3v) is 5.41. The molecule has 98 valence electrons. The van der Waals surface area contributed by atoms with E-state index in [0.29, 0.717) is 0 Å². The SMILES string of the molecule is CCS(=O)(=O)CC1(c2ccc(C(=O)O)cc2)CC1. The molecule has 1 aromatic rings. The van der Waals surface area contributed by atoms with Gasteiger partial charge in [0.15, 0.2) is 9.84 Å². The van der Waals surface area contributed by atoms with Crippen molar-refractivity contribution in [2.45, 2.75) is 25.2 Å². The predicted octanol–water partition coefficient (Wildman–Crippen LogP) is 1.85. The molecule has 4 nitrogen and oxygen atoms in total. The molecule has 1 aromatic carbocycles. The molecule has 0 radical (unpaired) electrons. The zero-order chi connectivity index (χ0) is 13.4. The summed E-state index contributed by atoms with van der Waals surface area (Å²) < 4.78 is 23.4. The summed E-state index contributed by atoms with van der Waals surface area (Å²) >= 11 is 0. The van der Waals surface area contributed by atoms with Crippen LogP contribution in [0.15, 0.2) is 24.3 Å². The van der Waals surface area contributed by atoms with E-state index >= 15 is 0 Å². The van der Waals surface area contributed by atoms with Crippen LogP contribution < -0.4 is 0 Å². The average molecular weight is 268 g/mol. The van der Waals surface area contributed by atoms with Gasteiger partial charge in [-0.05, 0) is 30.5 Å². The van der Waals surface area contributed by atoms with Gasteiger partial charge in [0.25, 0.3) is 0 Å². The minimum Gasteiger partial charge on any atom is -0.478 e. The van der Waals surface area contributed by atoms with E-state index in [1.54, 1.807) is 19.1 Å². The van der Waals surface area contributed by atoms with Gasteiger partial charge in [-0.25, -0.2) is 13.2 Å². The second kappa shape index (κ2) is 4.39. The molecular weight excluding hydrogens is 252 g/mol. The highest BCUT2D eigenvalue weighted by atomic mass is 32.2. The smallest absolute Gasteiger partial charge is 0.335 e. The summed E-state index contributed by atoms with van der Waals surface area (Å²) in [5.74, 6) is -0.641. The van der Waals surface area contributed by atoms with Crippen LogP contribution in [0.2, 0.25) is 0 Å². The zero-order valence-corrected chi connectivity index (χ0v) is 11.0. The van der Waals surface area contributed by atoms with Crippen LogP contribution in [0.5, 0.6) is 0 Å². The average Bonchev–Trinajstić information content (AvgIpc) is 3.09. The number of carboxylic acids is 1. The highest BCUT2D eigenvalue weighted by Gasteiger charge is 2.47. The molecule has 0 saturated heterocycles. The molecular formula is C13H16O4S. The molecule has 0 unspecified atom stereocenters. The van der Waals surface area contributed by atoms with Crippen molar-refractivity contribution in [2.75, 3.05) is 11.5 Å². The number of aromatic carboxylic acids is 1. The van der Waals surface area contributed by atoms with E-state index < -0.39 is 15.8 Å². The topological polar surface area (TPSA) is 71.4 Å². The first kappa shape index (κ1) is 13.1. The summed E-state index contributed by atoms with van der Waals surface area (Å²) in [6, 6.07) is 6.55. The minimum atomic E-state index is -3.01. The summed E-state index contributed by atoms with van der Waals surface area (Å²) in [6.07, 6.45) is 1.72. The van der Waals surface area contributed by atoms with Crippen molar-refractivity contribution in [3.63, 3.8) is 0 Å². The summed E-state index contributed by atoms with van der Waals surface area (Å²) in [7, 11) is -3.01. The quantitative estimate of drug-likeness (QED) is 0.884. The molecule has 0 atom stereocenters. The molecule has 1 fully saturated rings. The lowest BCUT2D eigenvalue weighted by atomic mass is 9.97. The van der Waals surface area contributed by atoms with Gasteiger partial charge < -0.3 is 5.11 Å². The van der Waals surface area contributed by atoms with Crippen molar-refractivity contribution in [3.05, 3.63) is 35.4 Å². The van der Waals surface area contributed by atoms with Gasteiger partial charge in [-0.1, -0.05) is 19.1 Å². The van der Waals surface area contributed by atoms with Crippen LogP contribution in [0.25, 0.3) is 0 Å². The van der Waals surface area contributed by atoms with Crippen molar-refractivity contribution in [1.82, 2.24) is 0 Å². The molecule has 1 saturated carbocycles. The van der Waals surface area contributed by atoms with Gasteiger partial charge in [-0.2, -0.15) is 0 Å². The van der Waals surface area contributed by atoms with E-state index in [9.17, 15) is 13.2 Å². The van der Waals surface area contributed by atoms with Gasteiger partial charge in [-0.3, -0.25) is 0 Å². The second-order valence-corrected chi connectivity index (χ2v) is 7.19. The van der Waals surface area contributed by atoms with E-state index in [2.05, 4.69) is 0 Å². The predicted molar refractivity (Wildman–Crippen MR) is 68.6 cm³/mol. The zero-order valence-electron chi connectivity index (χ0n) is 10.2. The van der Waals surface area contributed by atoms with Crippen LogP contribution >= 0.6 is 0 Å². The molecule has 0 spiro atoms. The van der Waals surface area contributed by atoms with Crippen molar-refractivity contribution < 1.29 is 18.3 Å². The molecule has 1 aliphatic rings. The Morgan fingerprint density at radius 3 is 2.22 bits per heavy atom. The Labute approximate surface area is 107 Å². The maximum absolute atomic E-state index is 11.7. The maximum Gasteiger partial charge on any atom is 0.335 e. The number of hydrogen-bond acceptors (Lipinski definition) is 3. The molecule has 0 aliphatic heterocycles. The number of hydrogen-bond donors (Lipinski definition) is 1. The lowest BCUT2D eigenvalue weighted by Gasteiger charge is -2.15. The van der Waals surface area contributed by atoms with Gasteiger partial charge >= 0.3 is 5.97 Å². The Bertz CT molecular complexity index is 553. The highest BCUT2D eigenvalue weighted by Crippen LogP contribution is 2.49. The van der Waals surface area contributed by atoms with Crippen molar-refractivity contribution >= 4 is 15.8 Å². The number of carbonyl (C=O) groups is 1. The molecule has 0 aromatic heterocycles. The summed E-state index contributed by atoms with van der Waals surface area (Å²) in [5.41, 5.74) is 0.892. The molecule has 18 heavy (non-hydrogen) atoms. The third kappa shape index (κ3) is 2.56. The Hall–Kier alpha value is -1.36. The lowest BCUT2D eigenvalue weighted by molar-refractivity contribution is 0.0697. The monoisotopic (exact) mass is 268 g/mol. The van der Waals surface area contributed by atoms with Gasteiger partial charge in [0, 0.05) is 11.2 Å². The number of carboxylic acid groups (broad SMARTS) is 1. The van der Waals surface area contributed by atoms with Crippen molar-refractivity contribution in [3.8, 4) is 0 Å². The van der Waals surface area contributed by atoms with E-state index in [-0.39, 0.29) is 22.5 Å². The first-order chi connectivity index (χ1) is 8.38. The molecule has 0 amide bonds. The van der Waals surface area contributed by atoms with Gasteiger partial charge in [0.05, 0.1) is 11.3 Å². The summed E-state index contributed by atoms with van der Waals surface area (Å²) in [6.45, 7) is 1.65. The number of sulfone groups is 1. The van der Waals surface area contributed by atoms with Crippen LogP contribution in [0.4, 0.5) is 0 Å². The molecule has 2 rings (SSSR count). The third-order valence-electron chi connectivity index (χ3n) is 3.53. The van der Waals surface area contributed by atoms with Crippen LogP contribution in [-0.2, 0) is 15.3 Å². The fourth-order valence-electron chi connectivity index (χ4n) is 2.16. The Balaban J connectivity index is 2.24. The minimum absolute atomic E-state index is 0.155. The van der Waals surface area contributed by atoms with Crippen LogP contribution in [-0.4, -0.2) is 31.0 Å². The first-order valence-corrected chi connectivity index (χ1v) is 7.75. The molecule has 1 N–H and O–H groups in total. The Morgan fingerprint density at radius 1 is 1.28 bits per heavy atom. The van der Waals surface area contributed by atoms with Crippen LogP contribution in [0.1, 0.15) is 35.7 Å². The van der Waals surface area contributed by atoms with Gasteiger partial charge in [0.1, 0.15) is 0 Å². The highest BCUT2D eigenvalue weighted by molar-refractivity contribution is 7.91. The number of benzene rings is 1. The molecule has 0 bridgehead atoms. The van der Waals surface area contributed by atoms with E-state index in [4.69, 9.17) is 5.11 Å². The Kier molecular flexibility index (Phi) is 3.19. The normalized spacial score (nSPS) is 17.4. The second-order valence-electron chi connectivity index (χ2n) is 4.84. The largest absolute Gasteiger partial charge is 0.478 e. The summed E-state index contributed by atoms with van der Waals surface area (Å²) in [4.78, 5) is 10.8. The fraction of sp³-hybridized carbons (Fsp3) is 0.462. The van der Waals surface area contributed by atoms with Gasteiger partial charge in [0.2, 0.25) is 0 Å². The Morgan fingerprint density at radius 2 is 1.83 bits per heavy atom. The van der Waals surface area contributed by atoms with Crippen LogP contribution in [0, 0.1) is 0 Å². The lowest BCUT2D eigenvalue weighted by Crippen LogP contribution is -2.22. The number of rotatable bonds is 5. The van der Waals surface area contributed by atoms with Crippen molar-refractivity contribution in [2.24, 2.45) is 0 Å². The molecule has 5 heteroatoms. The van der Waals surface area contributed by atoms with E-state index in [1.165, 1.54) is 12.1 Å². The fourth-order valence-corrected chi connectivity index (χ4v) is 3.66. The molecule has 1 aliphatic carbocycles. The van der Waals surface area contributed by atoms with Gasteiger partial charge in [-0.15, -0.1) is 0 Å². The standard InChI is InChI=1S/C13H16O4S/c1-2-18(16,17)9-13(7-8-13)11-5-3-10(4-6-11)12(14)15/h3-6H,2,7-9H2,1H3,(H,14,15). The maximum atomic E-state index is 11.7. The molecule has 0 heterocycles. The summed E-state index contributed by atoms with van der Waals surface area (Å²) in [5, 5.41) is 8.82. The van der Waals surface area contributed by atoms with E-state index in [0.717, 1.165) is 18.4 Å². The van der Waals surface area contributed by atoms with E-state index in [1.807, 2.05) is 0 Å². The first-order valence-electron chi connectivity index (χ1n) is 5.93.